The summed E-state index contributed by atoms with van der Waals surface area (Å²) >= 11 is 0. The fourth-order valence-corrected chi connectivity index (χ4v) is 8.79. The van der Waals surface area contributed by atoms with Crippen molar-refractivity contribution in [3.8, 4) is 0 Å². The second-order valence-corrected chi connectivity index (χ2v) is 18.0. The van der Waals surface area contributed by atoms with E-state index in [4.69, 9.17) is 0 Å². The van der Waals surface area contributed by atoms with Crippen molar-refractivity contribution in [2.75, 3.05) is 69.8 Å². The van der Waals surface area contributed by atoms with E-state index >= 15 is 0 Å². The van der Waals surface area contributed by atoms with Gasteiger partial charge in [-0.1, -0.05) is 41.5 Å². The molecule has 2 saturated heterocycles. The van der Waals surface area contributed by atoms with Crippen molar-refractivity contribution >= 4 is 48.7 Å². The van der Waals surface area contributed by atoms with Crippen LogP contribution in [0.3, 0.4) is 0 Å². The average Bonchev–Trinajstić information content (AvgIpc) is 3.54. The number of H-pyrrole nitrogens is 1. The summed E-state index contributed by atoms with van der Waals surface area (Å²) in [4.78, 5) is 36.9. The number of nitrogens with one attached hydrogen (secondary N) is 4. The first-order valence-electron chi connectivity index (χ1n) is 17.2. The number of anilines is 1. The summed E-state index contributed by atoms with van der Waals surface area (Å²) in [6, 6.07) is 2.13. The molecule has 2 aliphatic rings. The van der Waals surface area contributed by atoms with Crippen molar-refractivity contribution in [1.29, 1.82) is 0 Å². The molecule has 0 radical (unpaired) electrons. The lowest BCUT2D eigenvalue weighted by Gasteiger charge is -2.41. The Balaban J connectivity index is 0.000000286. The molecule has 2 aliphatic heterocycles. The number of rotatable bonds is 13. The molecule has 0 spiro atoms. The third kappa shape index (κ3) is 11.1. The van der Waals surface area contributed by atoms with Crippen LogP contribution in [0.4, 0.5) is 5.82 Å². The monoisotopic (exact) mass is 727 g/mol. The minimum atomic E-state index is -3.46. The number of piperidine rings is 2. The summed E-state index contributed by atoms with van der Waals surface area (Å²) in [6.07, 6.45) is 4.98. The van der Waals surface area contributed by atoms with Gasteiger partial charge in [-0.05, 0) is 37.8 Å². The first-order chi connectivity index (χ1) is 23.0. The molecule has 4 unspecified atom stereocenters. The molecule has 2 aromatic rings. The maximum atomic E-state index is 12.8. The molecule has 49 heavy (non-hydrogen) atoms. The molecular weight excluding hydrogens is 671 g/mol. The van der Waals surface area contributed by atoms with E-state index < -0.39 is 20.0 Å². The van der Waals surface area contributed by atoms with E-state index in [2.05, 4.69) is 49.6 Å². The van der Waals surface area contributed by atoms with E-state index in [-0.39, 0.29) is 60.3 Å². The van der Waals surface area contributed by atoms with E-state index in [0.29, 0.717) is 38.0 Å². The van der Waals surface area contributed by atoms with Gasteiger partial charge in [-0.2, -0.15) is 4.31 Å². The highest BCUT2D eigenvalue weighted by molar-refractivity contribution is 7.89. The number of carbonyl (C=O) groups excluding carboxylic acids is 2. The Hall–Kier alpha value is -2.86. The quantitative estimate of drug-likeness (QED) is 0.234. The highest BCUT2D eigenvalue weighted by Gasteiger charge is 2.36. The predicted molar refractivity (Wildman–Crippen MR) is 193 cm³/mol. The number of carbonyl (C=O) groups is 2. The summed E-state index contributed by atoms with van der Waals surface area (Å²) in [6.45, 7) is 13.7. The molecule has 4 rings (SSSR count). The molecule has 2 aromatic heterocycles. The molecule has 0 aromatic carbocycles. The lowest BCUT2D eigenvalue weighted by Crippen LogP contribution is -2.53. The standard InChI is InChI=1S/C19H30N6O3S.C13H27N3O3S/c1-13(2)19(26)21-8-10-29(27,28)25-9-6-14(3)16(11-25)24(4)18-15-5-7-20-17(15)22-12-23-18;1-10(2)13(17)15-6-8-20(18,19)16-7-5-11(3)12(9-16)14-4/h5,7,12-14,16H,6,8-11H2,1-4H3,(H,21,26)(H,20,22,23);10-12,14H,5-9H2,1-4H3,(H,15,17). The fraction of sp³-hybridized carbons (Fsp3) is 0.750. The Labute approximate surface area is 292 Å². The summed E-state index contributed by atoms with van der Waals surface area (Å²) in [7, 11) is -2.93. The minimum Gasteiger partial charge on any atom is -0.355 e. The zero-order valence-electron chi connectivity index (χ0n) is 30.3. The summed E-state index contributed by atoms with van der Waals surface area (Å²) in [5.41, 5.74) is 0.760. The molecule has 2 amide bonds. The number of likely N-dealkylation sites (N-methyl/N-ethyl adjacent to an activating group) is 2. The van der Waals surface area contributed by atoms with Crippen molar-refractivity contribution in [2.24, 2.45) is 23.7 Å². The number of fused-ring (bicyclic) bond motifs is 1. The van der Waals surface area contributed by atoms with Crippen LogP contribution >= 0.6 is 0 Å². The normalized spacial score (nSPS) is 22.5. The van der Waals surface area contributed by atoms with Gasteiger partial charge in [-0.25, -0.2) is 31.1 Å². The second-order valence-electron chi connectivity index (χ2n) is 13.8. The first kappa shape index (κ1) is 40.6. The van der Waals surface area contributed by atoms with Crippen molar-refractivity contribution in [3.63, 3.8) is 0 Å². The molecule has 278 valence electrons. The minimum absolute atomic E-state index is 0.00298. The number of nitrogens with zero attached hydrogens (tertiary/aromatic N) is 5. The van der Waals surface area contributed by atoms with Crippen LogP contribution in [-0.4, -0.2) is 129 Å². The van der Waals surface area contributed by atoms with Gasteiger partial charge in [0.05, 0.1) is 16.9 Å². The Kier molecular flexibility index (Phi) is 14.8. The zero-order chi connectivity index (χ0) is 36.5. The molecule has 0 bridgehead atoms. The molecule has 4 atom stereocenters. The van der Waals surface area contributed by atoms with Gasteiger partial charge in [-0.15, -0.1) is 0 Å². The van der Waals surface area contributed by atoms with Gasteiger partial charge in [0.2, 0.25) is 31.9 Å². The van der Waals surface area contributed by atoms with Crippen LogP contribution in [0.25, 0.3) is 11.0 Å². The van der Waals surface area contributed by atoms with Crippen LogP contribution in [0.5, 0.6) is 0 Å². The fourth-order valence-electron chi connectivity index (χ4n) is 6.01. The molecule has 4 heterocycles. The Morgan fingerprint density at radius 1 is 0.898 bits per heavy atom. The Bertz CT molecular complexity index is 1600. The Morgan fingerprint density at radius 2 is 1.43 bits per heavy atom. The molecular formula is C32H57N9O6S2. The van der Waals surface area contributed by atoms with Crippen LogP contribution in [0, 0.1) is 23.7 Å². The van der Waals surface area contributed by atoms with E-state index in [9.17, 15) is 26.4 Å². The summed E-state index contributed by atoms with van der Waals surface area (Å²) < 4.78 is 53.3. The molecule has 0 saturated carbocycles. The van der Waals surface area contributed by atoms with Crippen LogP contribution < -0.4 is 20.9 Å². The number of aromatic nitrogens is 3. The summed E-state index contributed by atoms with van der Waals surface area (Å²) in [5, 5.41) is 9.42. The first-order valence-corrected chi connectivity index (χ1v) is 20.4. The van der Waals surface area contributed by atoms with Gasteiger partial charge in [0.15, 0.2) is 0 Å². The molecule has 0 aliphatic carbocycles. The van der Waals surface area contributed by atoms with Crippen LogP contribution in [-0.2, 0) is 29.6 Å². The third-order valence-electron chi connectivity index (χ3n) is 9.49. The largest absolute Gasteiger partial charge is 0.355 e. The van der Waals surface area contributed by atoms with Gasteiger partial charge in [0, 0.05) is 76.4 Å². The highest BCUT2D eigenvalue weighted by atomic mass is 32.2. The van der Waals surface area contributed by atoms with Crippen LogP contribution in [0.1, 0.15) is 54.4 Å². The number of aromatic amines is 1. The third-order valence-corrected chi connectivity index (χ3v) is 13.2. The summed E-state index contributed by atoms with van der Waals surface area (Å²) in [5.74, 6) is 0.929. The van der Waals surface area contributed by atoms with Gasteiger partial charge < -0.3 is 25.8 Å². The van der Waals surface area contributed by atoms with Gasteiger partial charge in [-0.3, -0.25) is 9.59 Å². The molecule has 2 fully saturated rings. The highest BCUT2D eigenvalue weighted by Crippen LogP contribution is 2.29. The predicted octanol–water partition coefficient (Wildman–Crippen LogP) is 1.22. The lowest BCUT2D eigenvalue weighted by atomic mass is 9.93. The topological polar surface area (TPSA) is 190 Å². The van der Waals surface area contributed by atoms with Crippen LogP contribution in [0.15, 0.2) is 18.6 Å². The van der Waals surface area contributed by atoms with Crippen LogP contribution in [0.2, 0.25) is 0 Å². The van der Waals surface area contributed by atoms with Gasteiger partial charge in [0.25, 0.3) is 0 Å². The average molecular weight is 728 g/mol. The second kappa shape index (κ2) is 17.9. The van der Waals surface area contributed by atoms with Crippen molar-refractivity contribution in [1.82, 2.24) is 39.5 Å². The zero-order valence-corrected chi connectivity index (χ0v) is 31.9. The van der Waals surface area contributed by atoms with Crippen molar-refractivity contribution in [2.45, 2.75) is 66.5 Å². The van der Waals surface area contributed by atoms with Gasteiger partial charge in [0.1, 0.15) is 17.8 Å². The van der Waals surface area contributed by atoms with E-state index in [1.807, 2.05) is 26.4 Å². The number of hydrogen-bond acceptors (Lipinski definition) is 10. The maximum absolute atomic E-state index is 12.8. The molecule has 15 nitrogen and oxygen atoms in total. The molecule has 4 N–H and O–H groups in total. The van der Waals surface area contributed by atoms with Crippen molar-refractivity contribution < 1.29 is 26.4 Å². The smallest absolute Gasteiger partial charge is 0.222 e. The number of sulfonamides is 2. The van der Waals surface area contributed by atoms with Crippen molar-refractivity contribution in [3.05, 3.63) is 18.6 Å². The lowest BCUT2D eigenvalue weighted by molar-refractivity contribution is -0.124. The van der Waals surface area contributed by atoms with E-state index in [1.54, 1.807) is 32.0 Å². The molecule has 17 heteroatoms. The van der Waals surface area contributed by atoms with Gasteiger partial charge >= 0.3 is 0 Å². The Morgan fingerprint density at radius 3 is 1.96 bits per heavy atom. The SMILES string of the molecule is CC(C)C(=O)NCCS(=O)(=O)N1CCC(C)C(N(C)c2ncnc3[nH]ccc23)C1.CNC1CN(S(=O)(=O)CCNC(=O)C(C)C)CCC1C. The number of amides is 2. The van der Waals surface area contributed by atoms with E-state index in [0.717, 1.165) is 29.7 Å². The van der Waals surface area contributed by atoms with E-state index in [1.165, 1.54) is 10.6 Å². The maximum Gasteiger partial charge on any atom is 0.222 e. The number of hydrogen-bond donors (Lipinski definition) is 4.